The molecule has 2 aromatic rings. The van der Waals surface area contributed by atoms with E-state index in [1.165, 1.54) is 18.9 Å². The van der Waals surface area contributed by atoms with Crippen molar-refractivity contribution in [1.82, 2.24) is 9.55 Å². The Morgan fingerprint density at radius 3 is 2.65 bits per heavy atom. The number of fused-ring (bicyclic) bond motifs is 1. The minimum atomic E-state index is -0.407. The number of hydrogen-bond acceptors (Lipinski definition) is 1. The molecule has 1 fully saturated rings. The van der Waals surface area contributed by atoms with E-state index in [9.17, 15) is 4.39 Å². The van der Waals surface area contributed by atoms with E-state index >= 15 is 0 Å². The van der Waals surface area contributed by atoms with Crippen molar-refractivity contribution >= 4 is 34.2 Å². The molecule has 5 heteroatoms. The van der Waals surface area contributed by atoms with Crippen LogP contribution in [0.15, 0.2) is 12.1 Å². The van der Waals surface area contributed by atoms with E-state index < -0.39 is 5.82 Å². The Kier molecular flexibility index (Phi) is 3.46. The summed E-state index contributed by atoms with van der Waals surface area (Å²) in [5, 5.41) is 0.105. The highest BCUT2D eigenvalue weighted by Gasteiger charge is 2.46. The second-order valence-corrected chi connectivity index (χ2v) is 6.69. The molecular formula is C15H17Cl2FN2. The van der Waals surface area contributed by atoms with Crippen molar-refractivity contribution in [3.05, 3.63) is 28.8 Å². The van der Waals surface area contributed by atoms with Crippen LogP contribution in [-0.4, -0.2) is 9.55 Å². The maximum Gasteiger partial charge on any atom is 0.144 e. The van der Waals surface area contributed by atoms with E-state index in [0.29, 0.717) is 22.7 Å². The Labute approximate surface area is 127 Å². The van der Waals surface area contributed by atoms with Gasteiger partial charge < -0.3 is 4.57 Å². The first-order valence-electron chi connectivity index (χ1n) is 6.87. The van der Waals surface area contributed by atoms with Gasteiger partial charge in [0.2, 0.25) is 0 Å². The third-order valence-corrected chi connectivity index (χ3v) is 5.11. The smallest absolute Gasteiger partial charge is 0.144 e. The number of halogens is 3. The van der Waals surface area contributed by atoms with Gasteiger partial charge in [-0.1, -0.05) is 25.4 Å². The zero-order valence-electron chi connectivity index (χ0n) is 11.6. The lowest BCUT2D eigenvalue weighted by molar-refractivity contribution is 0.309. The van der Waals surface area contributed by atoms with Crippen LogP contribution in [0, 0.1) is 17.2 Å². The number of hydrogen-bond donors (Lipinski definition) is 0. The van der Waals surface area contributed by atoms with Gasteiger partial charge in [0.25, 0.3) is 0 Å². The van der Waals surface area contributed by atoms with Gasteiger partial charge >= 0.3 is 0 Å². The zero-order chi connectivity index (χ0) is 14.5. The van der Waals surface area contributed by atoms with Gasteiger partial charge in [0.15, 0.2) is 0 Å². The summed E-state index contributed by atoms with van der Waals surface area (Å²) < 4.78 is 15.8. The highest BCUT2D eigenvalue weighted by atomic mass is 35.5. The molecule has 1 saturated carbocycles. The van der Waals surface area contributed by atoms with Gasteiger partial charge in [-0.3, -0.25) is 0 Å². The molecule has 1 aliphatic carbocycles. The van der Waals surface area contributed by atoms with Crippen LogP contribution in [-0.2, 0) is 12.4 Å². The number of nitrogens with zero attached hydrogens (tertiary/aromatic N) is 2. The molecule has 1 aliphatic rings. The Balaban J connectivity index is 2.11. The summed E-state index contributed by atoms with van der Waals surface area (Å²) in [6.07, 6.45) is 2.42. The van der Waals surface area contributed by atoms with Gasteiger partial charge in [-0.25, -0.2) is 9.37 Å². The summed E-state index contributed by atoms with van der Waals surface area (Å²) in [7, 11) is 0. The molecule has 3 rings (SSSR count). The first kappa shape index (κ1) is 14.2. The Morgan fingerprint density at radius 1 is 1.40 bits per heavy atom. The fourth-order valence-corrected chi connectivity index (χ4v) is 3.20. The van der Waals surface area contributed by atoms with E-state index in [4.69, 9.17) is 23.2 Å². The van der Waals surface area contributed by atoms with E-state index in [0.717, 1.165) is 17.9 Å². The van der Waals surface area contributed by atoms with Crippen molar-refractivity contribution in [2.45, 2.75) is 39.1 Å². The Hall–Kier alpha value is -0.800. The van der Waals surface area contributed by atoms with Gasteiger partial charge in [0.05, 0.1) is 21.9 Å². The van der Waals surface area contributed by atoms with Gasteiger partial charge in [-0.2, -0.15) is 0 Å². The fraction of sp³-hybridized carbons (Fsp3) is 0.533. The molecule has 0 atom stereocenters. The van der Waals surface area contributed by atoms with E-state index in [-0.39, 0.29) is 5.02 Å². The lowest BCUT2D eigenvalue weighted by Crippen LogP contribution is -2.19. The second kappa shape index (κ2) is 4.88. The highest BCUT2D eigenvalue weighted by molar-refractivity contribution is 6.31. The predicted molar refractivity (Wildman–Crippen MR) is 80.8 cm³/mol. The molecule has 1 aromatic carbocycles. The molecule has 0 amide bonds. The quantitative estimate of drug-likeness (QED) is 0.726. The average molecular weight is 315 g/mol. The van der Waals surface area contributed by atoms with Crippen molar-refractivity contribution in [3.8, 4) is 0 Å². The van der Waals surface area contributed by atoms with Crippen LogP contribution in [0.4, 0.5) is 4.39 Å². The maximum atomic E-state index is 13.7. The van der Waals surface area contributed by atoms with Crippen LogP contribution in [0.3, 0.4) is 0 Å². The fourth-order valence-electron chi connectivity index (χ4n) is 2.84. The summed E-state index contributed by atoms with van der Waals surface area (Å²) in [6.45, 7) is 5.33. The SMILES string of the molecule is CC(C)C1(Cn2c(CCl)nc3cc(Cl)c(F)cc32)CC1. The number of imidazole rings is 1. The molecule has 0 unspecified atom stereocenters. The van der Waals surface area contributed by atoms with Crippen LogP contribution < -0.4 is 0 Å². The van der Waals surface area contributed by atoms with Crippen molar-refractivity contribution in [3.63, 3.8) is 0 Å². The molecular weight excluding hydrogens is 298 g/mol. The van der Waals surface area contributed by atoms with Crippen molar-refractivity contribution < 1.29 is 4.39 Å². The molecule has 1 heterocycles. The van der Waals surface area contributed by atoms with Crippen LogP contribution in [0.1, 0.15) is 32.5 Å². The lowest BCUT2D eigenvalue weighted by atomic mass is 9.92. The van der Waals surface area contributed by atoms with Gasteiger partial charge in [0, 0.05) is 12.6 Å². The molecule has 1 aromatic heterocycles. The lowest BCUT2D eigenvalue weighted by Gasteiger charge is -2.21. The molecule has 0 radical (unpaired) electrons. The summed E-state index contributed by atoms with van der Waals surface area (Å²) in [5.74, 6) is 1.30. The van der Waals surface area contributed by atoms with Crippen LogP contribution in [0.25, 0.3) is 11.0 Å². The number of aromatic nitrogens is 2. The normalized spacial score (nSPS) is 17.1. The van der Waals surface area contributed by atoms with Gasteiger partial charge in [-0.05, 0) is 30.2 Å². The van der Waals surface area contributed by atoms with E-state index in [1.54, 1.807) is 6.07 Å². The predicted octanol–water partition coefficient (Wildman–Crippen LogP) is 5.00. The first-order valence-corrected chi connectivity index (χ1v) is 7.78. The summed E-state index contributed by atoms with van der Waals surface area (Å²) in [5.41, 5.74) is 1.81. The summed E-state index contributed by atoms with van der Waals surface area (Å²) in [4.78, 5) is 4.48. The molecule has 0 spiro atoms. The van der Waals surface area contributed by atoms with Gasteiger partial charge in [0.1, 0.15) is 11.6 Å². The van der Waals surface area contributed by atoms with Crippen molar-refractivity contribution in [2.75, 3.05) is 0 Å². The second-order valence-electron chi connectivity index (χ2n) is 6.02. The zero-order valence-corrected chi connectivity index (χ0v) is 13.1. The largest absolute Gasteiger partial charge is 0.326 e. The van der Waals surface area contributed by atoms with Gasteiger partial charge in [-0.15, -0.1) is 11.6 Å². The number of rotatable bonds is 4. The summed E-state index contributed by atoms with van der Waals surface area (Å²) >= 11 is 11.8. The van der Waals surface area contributed by atoms with E-state index in [1.807, 2.05) is 0 Å². The molecule has 20 heavy (non-hydrogen) atoms. The Bertz CT molecular complexity index is 659. The minimum absolute atomic E-state index is 0.105. The van der Waals surface area contributed by atoms with Crippen LogP contribution >= 0.6 is 23.2 Å². The van der Waals surface area contributed by atoms with Crippen LogP contribution in [0.2, 0.25) is 5.02 Å². The number of benzene rings is 1. The van der Waals surface area contributed by atoms with Crippen molar-refractivity contribution in [2.24, 2.45) is 11.3 Å². The molecule has 0 saturated heterocycles. The minimum Gasteiger partial charge on any atom is -0.326 e. The van der Waals surface area contributed by atoms with Crippen LogP contribution in [0.5, 0.6) is 0 Å². The summed E-state index contributed by atoms with van der Waals surface area (Å²) in [6, 6.07) is 3.05. The average Bonchev–Trinajstić information content (AvgIpc) is 3.12. The van der Waals surface area contributed by atoms with E-state index in [2.05, 4.69) is 23.4 Å². The third kappa shape index (κ3) is 2.21. The molecule has 0 aliphatic heterocycles. The third-order valence-electron chi connectivity index (χ3n) is 4.58. The first-order chi connectivity index (χ1) is 9.47. The maximum absolute atomic E-state index is 13.7. The molecule has 0 bridgehead atoms. The monoisotopic (exact) mass is 314 g/mol. The molecule has 0 N–H and O–H groups in total. The number of alkyl halides is 1. The van der Waals surface area contributed by atoms with Crippen molar-refractivity contribution in [1.29, 1.82) is 0 Å². The highest BCUT2D eigenvalue weighted by Crippen LogP contribution is 2.53. The molecule has 108 valence electrons. The Morgan fingerprint density at radius 2 is 2.10 bits per heavy atom. The topological polar surface area (TPSA) is 17.8 Å². The standard InChI is InChI=1S/C15H17Cl2FN2/c1-9(2)15(3-4-15)8-20-13-6-11(18)10(17)5-12(13)19-14(20)7-16/h5-6,9H,3-4,7-8H2,1-2H3. The molecule has 2 nitrogen and oxygen atoms in total.